The number of hydrogen-bond donors (Lipinski definition) is 1. The van der Waals surface area contributed by atoms with Crippen molar-refractivity contribution in [3.63, 3.8) is 0 Å². The highest BCUT2D eigenvalue weighted by Crippen LogP contribution is 2.31. The van der Waals surface area contributed by atoms with E-state index in [0.717, 1.165) is 30.8 Å². The minimum Gasteiger partial charge on any atom is -0.330 e. The van der Waals surface area contributed by atoms with E-state index >= 15 is 0 Å². The summed E-state index contributed by atoms with van der Waals surface area (Å²) in [5.74, 6) is 0. The predicted molar refractivity (Wildman–Crippen MR) is 85.0 cm³/mol. The molecule has 2 aliphatic rings. The van der Waals surface area contributed by atoms with Crippen LogP contribution in [0.1, 0.15) is 24.6 Å². The molecule has 0 bridgehead atoms. The highest BCUT2D eigenvalue weighted by molar-refractivity contribution is 7.91. The number of rotatable bonds is 4. The molecular formula is C14H23N3O2S2. The summed E-state index contributed by atoms with van der Waals surface area (Å²) in [5.41, 5.74) is 5.54. The second kappa shape index (κ2) is 5.96. The second-order valence-corrected chi connectivity index (χ2v) is 9.26. The van der Waals surface area contributed by atoms with Crippen molar-refractivity contribution >= 4 is 21.4 Å². The summed E-state index contributed by atoms with van der Waals surface area (Å²) in [6.07, 6.45) is 3.04. The summed E-state index contributed by atoms with van der Waals surface area (Å²) in [6, 6.07) is 4.07. The van der Waals surface area contributed by atoms with E-state index < -0.39 is 10.0 Å². The first-order chi connectivity index (χ1) is 10.0. The van der Waals surface area contributed by atoms with Gasteiger partial charge in [0.2, 0.25) is 0 Å². The lowest BCUT2D eigenvalue weighted by atomic mass is 10.1. The lowest BCUT2D eigenvalue weighted by Gasteiger charge is -2.41. The summed E-state index contributed by atoms with van der Waals surface area (Å²) >= 11 is 1.36. The van der Waals surface area contributed by atoms with Crippen molar-refractivity contribution in [1.82, 2.24) is 9.21 Å². The zero-order valence-corrected chi connectivity index (χ0v) is 14.0. The highest BCUT2D eigenvalue weighted by Gasteiger charge is 2.40. The molecule has 0 spiro atoms. The van der Waals surface area contributed by atoms with Gasteiger partial charge in [-0.2, -0.15) is 4.31 Å². The number of nitrogens with two attached hydrogens (primary N) is 1. The molecule has 0 saturated carbocycles. The quantitative estimate of drug-likeness (QED) is 0.898. The second-order valence-electron chi connectivity index (χ2n) is 5.97. The predicted octanol–water partition coefficient (Wildman–Crippen LogP) is 1.11. The molecule has 3 rings (SSSR count). The fraction of sp³-hybridized carbons (Fsp3) is 0.714. The van der Waals surface area contributed by atoms with E-state index in [9.17, 15) is 8.42 Å². The molecule has 2 N–H and O–H groups in total. The molecule has 2 saturated heterocycles. The minimum absolute atomic E-state index is 0.0457. The van der Waals surface area contributed by atoms with Crippen molar-refractivity contribution in [1.29, 1.82) is 0 Å². The summed E-state index contributed by atoms with van der Waals surface area (Å²) < 4.78 is 27.9. The smallest absolute Gasteiger partial charge is 0.252 e. The van der Waals surface area contributed by atoms with Gasteiger partial charge in [-0.05, 0) is 51.4 Å². The molecule has 21 heavy (non-hydrogen) atoms. The van der Waals surface area contributed by atoms with E-state index in [1.54, 1.807) is 10.4 Å². The van der Waals surface area contributed by atoms with Crippen molar-refractivity contribution < 1.29 is 8.42 Å². The van der Waals surface area contributed by atoms with E-state index in [1.807, 2.05) is 13.0 Å². The van der Waals surface area contributed by atoms with Crippen LogP contribution in [0.3, 0.4) is 0 Å². The minimum atomic E-state index is -3.36. The van der Waals surface area contributed by atoms with Crippen LogP contribution in [0.15, 0.2) is 16.3 Å². The van der Waals surface area contributed by atoms with Crippen molar-refractivity contribution in [3.8, 4) is 0 Å². The topological polar surface area (TPSA) is 66.6 Å². The fourth-order valence-corrected chi connectivity index (χ4v) is 6.54. The van der Waals surface area contributed by atoms with Gasteiger partial charge in [0.15, 0.2) is 0 Å². The van der Waals surface area contributed by atoms with Crippen LogP contribution in [0.5, 0.6) is 0 Å². The van der Waals surface area contributed by atoms with E-state index in [-0.39, 0.29) is 6.04 Å². The van der Waals surface area contributed by atoms with Crippen molar-refractivity contribution in [2.24, 2.45) is 5.73 Å². The lowest BCUT2D eigenvalue weighted by Crippen LogP contribution is -2.56. The Bertz CT molecular complexity index is 599. The van der Waals surface area contributed by atoms with Crippen LogP contribution < -0.4 is 5.73 Å². The summed E-state index contributed by atoms with van der Waals surface area (Å²) in [4.78, 5) is 3.48. The van der Waals surface area contributed by atoms with Gasteiger partial charge in [0.1, 0.15) is 4.21 Å². The fourth-order valence-electron chi connectivity index (χ4n) is 3.38. The largest absolute Gasteiger partial charge is 0.330 e. The molecule has 1 aromatic heterocycles. The number of thiophene rings is 1. The van der Waals surface area contributed by atoms with Crippen LogP contribution in [0, 0.1) is 0 Å². The van der Waals surface area contributed by atoms with Crippen LogP contribution in [0.4, 0.5) is 0 Å². The molecule has 5 nitrogen and oxygen atoms in total. The normalized spacial score (nSPS) is 27.9. The van der Waals surface area contributed by atoms with Crippen LogP contribution >= 0.6 is 11.3 Å². The first-order valence-corrected chi connectivity index (χ1v) is 9.82. The highest BCUT2D eigenvalue weighted by atomic mass is 32.2. The van der Waals surface area contributed by atoms with Crippen molar-refractivity contribution in [2.45, 2.75) is 42.5 Å². The number of nitrogens with zero attached hydrogens (tertiary/aromatic N) is 2. The lowest BCUT2D eigenvalue weighted by molar-refractivity contribution is 0.117. The molecule has 3 heterocycles. The average molecular weight is 329 g/mol. The molecule has 0 aliphatic carbocycles. The van der Waals surface area contributed by atoms with E-state index in [0.29, 0.717) is 23.3 Å². The molecular weight excluding hydrogens is 306 g/mol. The van der Waals surface area contributed by atoms with Crippen LogP contribution in [0.2, 0.25) is 0 Å². The Morgan fingerprint density at radius 3 is 2.95 bits per heavy atom. The van der Waals surface area contributed by atoms with Gasteiger partial charge in [-0.25, -0.2) is 8.42 Å². The molecule has 2 unspecified atom stereocenters. The zero-order valence-electron chi connectivity index (χ0n) is 12.4. The van der Waals surface area contributed by atoms with Gasteiger partial charge in [-0.15, -0.1) is 11.3 Å². The van der Waals surface area contributed by atoms with Crippen molar-refractivity contribution in [3.05, 3.63) is 17.0 Å². The molecule has 1 aromatic rings. The molecule has 118 valence electrons. The Morgan fingerprint density at radius 1 is 1.38 bits per heavy atom. The van der Waals surface area contributed by atoms with E-state index in [2.05, 4.69) is 4.90 Å². The molecule has 0 aromatic carbocycles. The summed E-state index contributed by atoms with van der Waals surface area (Å²) in [5, 5.41) is 0. The summed E-state index contributed by atoms with van der Waals surface area (Å²) in [7, 11) is -3.36. The first-order valence-electron chi connectivity index (χ1n) is 7.57. The maximum Gasteiger partial charge on any atom is 0.252 e. The Morgan fingerprint density at radius 2 is 2.19 bits per heavy atom. The van der Waals surface area contributed by atoms with Crippen LogP contribution in [0.25, 0.3) is 0 Å². The molecule has 0 amide bonds. The van der Waals surface area contributed by atoms with Gasteiger partial charge in [0.05, 0.1) is 0 Å². The standard InChI is InChI=1S/C14H23N3O2S2/c1-11-9-16-8-2-3-12(16)10-17(11)21(18,19)14-5-4-13(20-14)6-7-15/h4-5,11-12H,2-3,6-10,15H2,1H3. The van der Waals surface area contributed by atoms with Gasteiger partial charge in [-0.3, -0.25) is 4.90 Å². The van der Waals surface area contributed by atoms with Crippen molar-refractivity contribution in [2.75, 3.05) is 26.2 Å². The zero-order chi connectivity index (χ0) is 15.0. The number of hydrogen-bond acceptors (Lipinski definition) is 5. The van der Waals surface area contributed by atoms with Gasteiger partial charge < -0.3 is 5.73 Å². The van der Waals surface area contributed by atoms with E-state index in [4.69, 9.17) is 5.73 Å². The average Bonchev–Trinajstić information content (AvgIpc) is 3.06. The number of piperazine rings is 1. The molecule has 7 heteroatoms. The number of fused-ring (bicyclic) bond motifs is 1. The SMILES string of the molecule is CC1CN2CCCC2CN1S(=O)(=O)c1ccc(CCN)s1. The van der Waals surface area contributed by atoms with E-state index in [1.165, 1.54) is 17.8 Å². The Kier molecular flexibility index (Phi) is 4.38. The van der Waals surface area contributed by atoms with Gasteiger partial charge in [0.25, 0.3) is 10.0 Å². The third-order valence-corrected chi connectivity index (χ3v) is 8.06. The Balaban J connectivity index is 1.82. The molecule has 2 aliphatic heterocycles. The summed E-state index contributed by atoms with van der Waals surface area (Å²) in [6.45, 7) is 5.17. The van der Waals surface area contributed by atoms with Gasteiger partial charge in [0, 0.05) is 30.1 Å². The van der Waals surface area contributed by atoms with Crippen LogP contribution in [-0.4, -0.2) is 55.9 Å². The maximum atomic E-state index is 12.9. The first kappa shape index (κ1) is 15.4. The monoisotopic (exact) mass is 329 g/mol. The third kappa shape index (κ3) is 2.90. The third-order valence-electron chi connectivity index (χ3n) is 4.47. The van der Waals surface area contributed by atoms with Crippen LogP contribution in [-0.2, 0) is 16.4 Å². The number of sulfonamides is 1. The van der Waals surface area contributed by atoms with Gasteiger partial charge in [-0.1, -0.05) is 0 Å². The molecule has 2 fully saturated rings. The Hall–Kier alpha value is -0.470. The Labute approximate surface area is 130 Å². The molecule has 2 atom stereocenters. The molecule has 0 radical (unpaired) electrons. The van der Waals surface area contributed by atoms with Gasteiger partial charge >= 0.3 is 0 Å². The maximum absolute atomic E-state index is 12.9.